The molecular formula is C17H18N6O2. The van der Waals surface area contributed by atoms with Crippen molar-refractivity contribution >= 4 is 28.7 Å². The van der Waals surface area contributed by atoms with Crippen LogP contribution in [0.2, 0.25) is 0 Å². The van der Waals surface area contributed by atoms with Crippen molar-refractivity contribution in [2.24, 2.45) is 7.05 Å². The molecule has 128 valence electrons. The Hall–Kier alpha value is -3.16. The number of hydrogen-bond donors (Lipinski definition) is 2. The molecule has 2 N–H and O–H groups in total. The van der Waals surface area contributed by atoms with Gasteiger partial charge in [0.05, 0.1) is 16.7 Å². The van der Waals surface area contributed by atoms with E-state index in [1.54, 1.807) is 16.6 Å². The number of carbonyl (C=O) groups is 2. The van der Waals surface area contributed by atoms with Crippen LogP contribution in [0.25, 0.3) is 11.0 Å². The summed E-state index contributed by atoms with van der Waals surface area (Å²) in [4.78, 5) is 34.0. The first kappa shape index (κ1) is 15.4. The highest BCUT2D eigenvalue weighted by Crippen LogP contribution is 2.22. The summed E-state index contributed by atoms with van der Waals surface area (Å²) in [5.41, 5.74) is 2.36. The zero-order valence-electron chi connectivity index (χ0n) is 14.0. The third-order valence-electron chi connectivity index (χ3n) is 4.37. The van der Waals surface area contributed by atoms with E-state index in [1.807, 2.05) is 37.3 Å². The molecule has 0 bridgehead atoms. The number of aryl methyl sites for hydroxylation is 2. The number of nitrogens with one attached hydrogen (secondary N) is 2. The second-order valence-corrected chi connectivity index (χ2v) is 6.17. The lowest BCUT2D eigenvalue weighted by Crippen LogP contribution is -2.42. The molecule has 0 radical (unpaired) electrons. The first-order valence-electron chi connectivity index (χ1n) is 8.10. The zero-order chi connectivity index (χ0) is 17.6. The molecule has 8 heteroatoms. The lowest BCUT2D eigenvalue weighted by atomic mass is 10.2. The highest BCUT2D eigenvalue weighted by atomic mass is 16.2. The van der Waals surface area contributed by atoms with Gasteiger partial charge in [0, 0.05) is 19.7 Å². The maximum atomic E-state index is 12.6. The van der Waals surface area contributed by atoms with Gasteiger partial charge in [-0.1, -0.05) is 12.1 Å². The molecule has 1 saturated heterocycles. The highest BCUT2D eigenvalue weighted by molar-refractivity contribution is 6.03. The Labute approximate surface area is 143 Å². The van der Waals surface area contributed by atoms with Crippen LogP contribution in [0, 0.1) is 6.92 Å². The smallest absolute Gasteiger partial charge is 0.287 e. The van der Waals surface area contributed by atoms with Gasteiger partial charge >= 0.3 is 0 Å². The number of nitrogens with zero attached hydrogens (tertiary/aromatic N) is 4. The molecule has 3 aromatic rings. The number of aromatic amines is 1. The Bertz CT molecular complexity index is 940. The summed E-state index contributed by atoms with van der Waals surface area (Å²) in [6.45, 7) is 2.42. The maximum absolute atomic E-state index is 12.6. The lowest BCUT2D eigenvalue weighted by Gasteiger charge is -2.16. The Morgan fingerprint density at radius 1 is 1.36 bits per heavy atom. The van der Waals surface area contributed by atoms with Gasteiger partial charge in [-0.2, -0.15) is 5.10 Å². The fraction of sp³-hybridized carbons (Fsp3) is 0.294. The van der Waals surface area contributed by atoms with Gasteiger partial charge in [-0.05, 0) is 25.5 Å². The fourth-order valence-corrected chi connectivity index (χ4v) is 3.18. The van der Waals surface area contributed by atoms with Gasteiger partial charge in [-0.25, -0.2) is 4.98 Å². The zero-order valence-corrected chi connectivity index (χ0v) is 14.0. The number of H-pyrrole nitrogens is 1. The number of fused-ring (bicyclic) bond motifs is 1. The van der Waals surface area contributed by atoms with Gasteiger partial charge in [0.2, 0.25) is 0 Å². The van der Waals surface area contributed by atoms with Crippen molar-refractivity contribution < 1.29 is 9.59 Å². The molecule has 1 atom stereocenters. The molecule has 8 nitrogen and oxygen atoms in total. The number of benzene rings is 1. The summed E-state index contributed by atoms with van der Waals surface area (Å²) >= 11 is 0. The van der Waals surface area contributed by atoms with E-state index in [9.17, 15) is 9.59 Å². The van der Waals surface area contributed by atoms with E-state index in [0.717, 1.165) is 22.5 Å². The molecule has 1 aromatic carbocycles. The van der Waals surface area contributed by atoms with Gasteiger partial charge < -0.3 is 10.3 Å². The Morgan fingerprint density at radius 3 is 2.88 bits per heavy atom. The van der Waals surface area contributed by atoms with E-state index in [1.165, 1.54) is 0 Å². The first-order chi connectivity index (χ1) is 12.0. The highest BCUT2D eigenvalue weighted by Gasteiger charge is 2.35. The number of para-hydroxylation sites is 2. The Balaban J connectivity index is 1.50. The standard InChI is InChI=1S/C17H18N6O2/c1-10-9-14(22(2)21-10)23-8-7-13(17(23)25)20-16(24)15-18-11-5-3-4-6-12(11)19-15/h3-6,9,13H,7-8H2,1-2H3,(H,18,19)(H,20,24). The van der Waals surface area contributed by atoms with Crippen LogP contribution in [0.1, 0.15) is 22.7 Å². The molecule has 2 amide bonds. The van der Waals surface area contributed by atoms with Crippen LogP contribution >= 0.6 is 0 Å². The SMILES string of the molecule is Cc1cc(N2CCC(NC(=O)c3nc4ccccc4[nH]3)C2=O)n(C)n1. The number of imidazole rings is 1. The van der Waals surface area contributed by atoms with E-state index in [4.69, 9.17) is 0 Å². The number of anilines is 1. The summed E-state index contributed by atoms with van der Waals surface area (Å²) in [6, 6.07) is 8.72. The summed E-state index contributed by atoms with van der Waals surface area (Å²) in [5, 5.41) is 7.05. The molecule has 1 unspecified atom stereocenters. The van der Waals surface area contributed by atoms with Crippen molar-refractivity contribution in [3.8, 4) is 0 Å². The van der Waals surface area contributed by atoms with Crippen LogP contribution in [0.4, 0.5) is 5.82 Å². The van der Waals surface area contributed by atoms with Crippen LogP contribution in [0.15, 0.2) is 30.3 Å². The first-order valence-corrected chi connectivity index (χ1v) is 8.10. The summed E-state index contributed by atoms with van der Waals surface area (Å²) in [6.07, 6.45) is 0.551. The van der Waals surface area contributed by atoms with Crippen LogP contribution in [0.3, 0.4) is 0 Å². The predicted octanol–water partition coefficient (Wildman–Crippen LogP) is 1.14. The third-order valence-corrected chi connectivity index (χ3v) is 4.37. The van der Waals surface area contributed by atoms with Crippen LogP contribution < -0.4 is 10.2 Å². The quantitative estimate of drug-likeness (QED) is 0.748. The van der Waals surface area contributed by atoms with Crippen molar-refractivity contribution in [3.05, 3.63) is 41.9 Å². The second kappa shape index (κ2) is 5.73. The minimum absolute atomic E-state index is 0.132. The molecular weight excluding hydrogens is 320 g/mol. The monoisotopic (exact) mass is 338 g/mol. The molecule has 3 heterocycles. The normalized spacial score (nSPS) is 17.4. The number of aromatic nitrogens is 4. The van der Waals surface area contributed by atoms with Gasteiger partial charge in [0.1, 0.15) is 11.9 Å². The van der Waals surface area contributed by atoms with E-state index in [2.05, 4.69) is 20.4 Å². The van der Waals surface area contributed by atoms with Gasteiger partial charge in [0.15, 0.2) is 5.82 Å². The molecule has 0 spiro atoms. The molecule has 1 aliphatic heterocycles. The topological polar surface area (TPSA) is 95.9 Å². The van der Waals surface area contributed by atoms with Gasteiger partial charge in [-0.3, -0.25) is 19.2 Å². The number of hydrogen-bond acceptors (Lipinski definition) is 4. The Kier molecular flexibility index (Phi) is 3.52. The Morgan fingerprint density at radius 2 is 2.16 bits per heavy atom. The van der Waals surface area contributed by atoms with E-state index < -0.39 is 6.04 Å². The number of amides is 2. The average molecular weight is 338 g/mol. The van der Waals surface area contributed by atoms with Crippen molar-refractivity contribution in [2.75, 3.05) is 11.4 Å². The van der Waals surface area contributed by atoms with Crippen LogP contribution in [-0.2, 0) is 11.8 Å². The summed E-state index contributed by atoms with van der Waals surface area (Å²) in [5.74, 6) is 0.442. The molecule has 1 fully saturated rings. The summed E-state index contributed by atoms with van der Waals surface area (Å²) < 4.78 is 1.68. The van der Waals surface area contributed by atoms with Gasteiger partial charge in [0.25, 0.3) is 11.8 Å². The summed E-state index contributed by atoms with van der Waals surface area (Å²) in [7, 11) is 1.80. The maximum Gasteiger partial charge on any atom is 0.287 e. The lowest BCUT2D eigenvalue weighted by molar-refractivity contribution is -0.118. The molecule has 25 heavy (non-hydrogen) atoms. The number of carbonyl (C=O) groups excluding carboxylic acids is 2. The average Bonchev–Trinajstić information content (AvgIpc) is 3.25. The third kappa shape index (κ3) is 2.65. The van der Waals surface area contributed by atoms with Crippen molar-refractivity contribution in [1.29, 1.82) is 0 Å². The number of rotatable bonds is 3. The van der Waals surface area contributed by atoms with E-state index in [-0.39, 0.29) is 17.6 Å². The largest absolute Gasteiger partial charge is 0.337 e. The molecule has 1 aliphatic rings. The van der Waals surface area contributed by atoms with Crippen molar-refractivity contribution in [2.45, 2.75) is 19.4 Å². The van der Waals surface area contributed by atoms with E-state index >= 15 is 0 Å². The van der Waals surface area contributed by atoms with Crippen molar-refractivity contribution in [3.63, 3.8) is 0 Å². The fourth-order valence-electron chi connectivity index (χ4n) is 3.18. The minimum Gasteiger partial charge on any atom is -0.337 e. The minimum atomic E-state index is -0.559. The second-order valence-electron chi connectivity index (χ2n) is 6.17. The van der Waals surface area contributed by atoms with E-state index in [0.29, 0.717) is 13.0 Å². The predicted molar refractivity (Wildman–Crippen MR) is 92.3 cm³/mol. The molecule has 2 aromatic heterocycles. The van der Waals surface area contributed by atoms with Gasteiger partial charge in [-0.15, -0.1) is 0 Å². The molecule has 0 aliphatic carbocycles. The molecule has 4 rings (SSSR count). The molecule has 0 saturated carbocycles. The van der Waals surface area contributed by atoms with Crippen LogP contribution in [0.5, 0.6) is 0 Å². The van der Waals surface area contributed by atoms with Crippen LogP contribution in [-0.4, -0.2) is 44.1 Å². The van der Waals surface area contributed by atoms with Crippen molar-refractivity contribution in [1.82, 2.24) is 25.1 Å².